The van der Waals surface area contributed by atoms with Crippen molar-refractivity contribution < 1.29 is 4.39 Å². The second kappa shape index (κ2) is 6.79. The van der Waals surface area contributed by atoms with Crippen LogP contribution in [0.3, 0.4) is 0 Å². The lowest BCUT2D eigenvalue weighted by Gasteiger charge is -2.08. The van der Waals surface area contributed by atoms with Gasteiger partial charge in [-0.1, -0.05) is 30.7 Å². The summed E-state index contributed by atoms with van der Waals surface area (Å²) < 4.78 is 13.6. The van der Waals surface area contributed by atoms with E-state index in [1.54, 1.807) is 6.07 Å². The van der Waals surface area contributed by atoms with Crippen LogP contribution in [0.25, 0.3) is 22.4 Å². The van der Waals surface area contributed by atoms with E-state index in [4.69, 9.17) is 11.6 Å². The molecule has 0 aliphatic rings. The molecule has 0 spiro atoms. The van der Waals surface area contributed by atoms with E-state index in [0.717, 1.165) is 35.3 Å². The van der Waals surface area contributed by atoms with Gasteiger partial charge in [0.15, 0.2) is 5.82 Å². The molecule has 0 aliphatic carbocycles. The molecule has 3 rings (SSSR count). The molecule has 0 atom stereocenters. The van der Waals surface area contributed by atoms with Crippen LogP contribution in [0.5, 0.6) is 0 Å². The molecule has 1 aromatic carbocycles. The van der Waals surface area contributed by atoms with Crippen LogP contribution in [0.15, 0.2) is 42.6 Å². The van der Waals surface area contributed by atoms with Gasteiger partial charge in [-0.05, 0) is 30.2 Å². The third kappa shape index (κ3) is 3.35. The van der Waals surface area contributed by atoms with Crippen LogP contribution in [0.2, 0.25) is 5.02 Å². The van der Waals surface area contributed by atoms with Gasteiger partial charge in [-0.25, -0.2) is 4.98 Å². The second-order valence-electron chi connectivity index (χ2n) is 5.12. The molecule has 0 radical (unpaired) electrons. The van der Waals surface area contributed by atoms with Gasteiger partial charge >= 0.3 is 0 Å². The minimum atomic E-state index is -0.521. The number of hydrogen-bond donors (Lipinski definition) is 2. The summed E-state index contributed by atoms with van der Waals surface area (Å²) in [5.74, 6) is 0.176. The number of H-pyrrole nitrogens is 1. The first-order valence-corrected chi connectivity index (χ1v) is 7.77. The van der Waals surface area contributed by atoms with E-state index in [0.29, 0.717) is 10.8 Å². The van der Waals surface area contributed by atoms with Crippen molar-refractivity contribution in [2.75, 3.05) is 11.9 Å². The molecule has 118 valence electrons. The number of benzene rings is 1. The maximum atomic E-state index is 13.6. The largest absolute Gasteiger partial charge is 0.368 e. The summed E-state index contributed by atoms with van der Waals surface area (Å²) in [6.45, 7) is 2.86. The minimum Gasteiger partial charge on any atom is -0.368 e. The molecule has 6 heteroatoms. The zero-order valence-corrected chi connectivity index (χ0v) is 13.4. The molecule has 4 nitrogen and oxygen atoms in total. The zero-order valence-electron chi connectivity index (χ0n) is 12.6. The van der Waals surface area contributed by atoms with Gasteiger partial charge < -0.3 is 5.32 Å². The summed E-state index contributed by atoms with van der Waals surface area (Å²) in [6, 6.07) is 10.6. The summed E-state index contributed by atoms with van der Waals surface area (Å²) in [5, 5.41) is 11.3. The first kappa shape index (κ1) is 15.5. The molecule has 2 heterocycles. The van der Waals surface area contributed by atoms with Crippen LogP contribution >= 0.6 is 11.6 Å². The number of aromatic nitrogens is 3. The summed E-state index contributed by atoms with van der Waals surface area (Å²) in [7, 11) is 0. The number of nitrogens with one attached hydrogen (secondary N) is 2. The van der Waals surface area contributed by atoms with Crippen molar-refractivity contribution in [1.29, 1.82) is 0 Å². The molecule has 23 heavy (non-hydrogen) atoms. The van der Waals surface area contributed by atoms with E-state index in [1.165, 1.54) is 12.3 Å². The van der Waals surface area contributed by atoms with E-state index < -0.39 is 5.95 Å². The highest BCUT2D eigenvalue weighted by Gasteiger charge is 2.17. The van der Waals surface area contributed by atoms with Crippen molar-refractivity contribution >= 4 is 17.4 Å². The van der Waals surface area contributed by atoms with Crippen LogP contribution in [-0.4, -0.2) is 21.7 Å². The van der Waals surface area contributed by atoms with E-state index in [1.807, 2.05) is 24.3 Å². The predicted octanol–water partition coefficient (Wildman–Crippen LogP) is 4.75. The first-order valence-electron chi connectivity index (χ1n) is 7.39. The fraction of sp³-hybridized carbons (Fsp3) is 0.176. The molecule has 0 bridgehead atoms. The highest BCUT2D eigenvalue weighted by Crippen LogP contribution is 2.36. The Bertz CT molecular complexity index is 799. The molecule has 0 amide bonds. The number of pyridine rings is 1. The van der Waals surface area contributed by atoms with Crippen LogP contribution in [-0.2, 0) is 0 Å². The van der Waals surface area contributed by atoms with Crippen molar-refractivity contribution in [2.45, 2.75) is 13.3 Å². The van der Waals surface area contributed by atoms with E-state index in [9.17, 15) is 4.39 Å². The SMILES string of the molecule is CCCNc1n[nH]c(-c2ccc(Cl)cc2)c1-c1ccnc(F)c1. The molecule has 2 aromatic heterocycles. The third-order valence-corrected chi connectivity index (χ3v) is 3.71. The van der Waals surface area contributed by atoms with Gasteiger partial charge in [-0.15, -0.1) is 0 Å². The van der Waals surface area contributed by atoms with Gasteiger partial charge in [0.05, 0.1) is 11.3 Å². The standard InChI is InChI=1S/C17H16ClFN4/c1-2-8-21-17-15(12-7-9-20-14(19)10-12)16(22-23-17)11-3-5-13(18)6-4-11/h3-7,9-10H,2,8H2,1H3,(H2,21,22,23). The smallest absolute Gasteiger partial charge is 0.213 e. The average molecular weight is 331 g/mol. The van der Waals surface area contributed by atoms with Gasteiger partial charge in [0.25, 0.3) is 0 Å². The Labute approximate surface area is 138 Å². The quantitative estimate of drug-likeness (QED) is 0.663. The predicted molar refractivity (Wildman–Crippen MR) is 91.0 cm³/mol. The molecule has 2 N–H and O–H groups in total. The Morgan fingerprint density at radius 3 is 2.65 bits per heavy atom. The van der Waals surface area contributed by atoms with Gasteiger partial charge in [0, 0.05) is 29.4 Å². The Balaban J connectivity index is 2.12. The Morgan fingerprint density at radius 1 is 1.17 bits per heavy atom. The fourth-order valence-corrected chi connectivity index (χ4v) is 2.50. The molecule has 0 saturated carbocycles. The molecule has 0 fully saturated rings. The van der Waals surface area contributed by atoms with Crippen molar-refractivity contribution in [3.8, 4) is 22.4 Å². The highest BCUT2D eigenvalue weighted by molar-refractivity contribution is 6.30. The maximum Gasteiger partial charge on any atom is 0.213 e. The molecule has 3 aromatic rings. The van der Waals surface area contributed by atoms with Crippen molar-refractivity contribution in [2.24, 2.45) is 0 Å². The minimum absolute atomic E-state index is 0.521. The highest BCUT2D eigenvalue weighted by atomic mass is 35.5. The fourth-order valence-electron chi connectivity index (χ4n) is 2.38. The van der Waals surface area contributed by atoms with Gasteiger partial charge in [0.1, 0.15) is 0 Å². The maximum absolute atomic E-state index is 13.6. The number of halogens is 2. The summed E-state index contributed by atoms with van der Waals surface area (Å²) in [5.41, 5.74) is 3.28. The topological polar surface area (TPSA) is 53.6 Å². The Kier molecular flexibility index (Phi) is 4.57. The van der Waals surface area contributed by atoms with E-state index in [2.05, 4.69) is 27.4 Å². The van der Waals surface area contributed by atoms with Gasteiger partial charge in [-0.3, -0.25) is 5.10 Å². The van der Waals surface area contributed by atoms with E-state index >= 15 is 0 Å². The zero-order chi connectivity index (χ0) is 16.2. The van der Waals surface area contributed by atoms with Crippen LogP contribution in [0.4, 0.5) is 10.2 Å². The summed E-state index contributed by atoms with van der Waals surface area (Å²) in [6.07, 6.45) is 2.42. The first-order chi connectivity index (χ1) is 11.2. The Morgan fingerprint density at radius 2 is 1.96 bits per heavy atom. The number of aromatic amines is 1. The molecule has 0 unspecified atom stereocenters. The summed E-state index contributed by atoms with van der Waals surface area (Å²) >= 11 is 5.95. The molecule has 0 aliphatic heterocycles. The van der Waals surface area contributed by atoms with Crippen LogP contribution in [0, 0.1) is 5.95 Å². The summed E-state index contributed by atoms with van der Waals surface area (Å²) in [4.78, 5) is 3.62. The van der Waals surface area contributed by atoms with Gasteiger partial charge in [0.2, 0.25) is 5.95 Å². The monoisotopic (exact) mass is 330 g/mol. The Hall–Kier alpha value is -2.40. The van der Waals surface area contributed by atoms with Crippen molar-refractivity contribution in [3.05, 3.63) is 53.6 Å². The van der Waals surface area contributed by atoms with Crippen molar-refractivity contribution in [3.63, 3.8) is 0 Å². The lowest BCUT2D eigenvalue weighted by Crippen LogP contribution is -2.01. The number of rotatable bonds is 5. The van der Waals surface area contributed by atoms with Gasteiger partial charge in [-0.2, -0.15) is 9.49 Å². The number of nitrogens with zero attached hydrogens (tertiary/aromatic N) is 2. The molecular formula is C17H16ClFN4. The third-order valence-electron chi connectivity index (χ3n) is 3.46. The van der Waals surface area contributed by atoms with Crippen LogP contribution in [0.1, 0.15) is 13.3 Å². The normalized spacial score (nSPS) is 10.7. The van der Waals surface area contributed by atoms with E-state index in [-0.39, 0.29) is 0 Å². The number of hydrogen-bond acceptors (Lipinski definition) is 3. The lowest BCUT2D eigenvalue weighted by atomic mass is 10.0. The number of anilines is 1. The van der Waals surface area contributed by atoms with Crippen LogP contribution < -0.4 is 5.32 Å². The lowest BCUT2D eigenvalue weighted by molar-refractivity contribution is 0.584. The molecular weight excluding hydrogens is 315 g/mol. The average Bonchev–Trinajstić information content (AvgIpc) is 2.97. The van der Waals surface area contributed by atoms with Crippen molar-refractivity contribution in [1.82, 2.24) is 15.2 Å². The molecule has 0 saturated heterocycles. The second-order valence-corrected chi connectivity index (χ2v) is 5.56.